The van der Waals surface area contributed by atoms with E-state index in [0.29, 0.717) is 31.2 Å². The van der Waals surface area contributed by atoms with Crippen LogP contribution in [0.15, 0.2) is 27.1 Å². The Bertz CT molecular complexity index is 770. The third-order valence-electron chi connectivity index (χ3n) is 4.38. The molecule has 1 fully saturated rings. The van der Waals surface area contributed by atoms with Crippen LogP contribution in [0.2, 0.25) is 0 Å². The minimum Gasteiger partial charge on any atom is -0.455 e. The van der Waals surface area contributed by atoms with Crippen LogP contribution in [0.1, 0.15) is 45.4 Å². The van der Waals surface area contributed by atoms with Crippen molar-refractivity contribution in [3.63, 3.8) is 0 Å². The molecule has 0 aliphatic carbocycles. The van der Waals surface area contributed by atoms with E-state index in [2.05, 4.69) is 10.5 Å². The normalized spacial score (nSPS) is 17.3. The minimum absolute atomic E-state index is 0.0829. The molecule has 0 unspecified atom stereocenters. The summed E-state index contributed by atoms with van der Waals surface area (Å²) in [7, 11) is 0. The fourth-order valence-corrected chi connectivity index (χ4v) is 3.53. The number of rotatable bonds is 6. The highest BCUT2D eigenvalue weighted by molar-refractivity contribution is 7.97. The fraction of sp³-hybridized carbons (Fsp3) is 0.500. The highest BCUT2D eigenvalue weighted by Gasteiger charge is 2.26. The molecule has 2 aromatic heterocycles. The number of furan rings is 1. The number of piperidine rings is 1. The standard InChI is InChI=1S/C18H23N3O4S/c1-12-8-15(20-25-12)17(22)19-9-13-4-3-7-21(10-13)18(23)16-6-5-14(24-16)11-26-2/h5-6,8,13H,3-4,7,9-11H2,1-2H3,(H,19,22)/t13-/m0/s1. The lowest BCUT2D eigenvalue weighted by Gasteiger charge is -2.32. The first kappa shape index (κ1) is 18.6. The van der Waals surface area contributed by atoms with Crippen molar-refractivity contribution in [2.24, 2.45) is 5.92 Å². The van der Waals surface area contributed by atoms with Crippen LogP contribution in [0.5, 0.6) is 0 Å². The molecular formula is C18H23N3O4S. The summed E-state index contributed by atoms with van der Waals surface area (Å²) in [4.78, 5) is 26.5. The summed E-state index contributed by atoms with van der Waals surface area (Å²) < 4.78 is 10.6. The lowest BCUT2D eigenvalue weighted by molar-refractivity contribution is 0.0637. The molecule has 1 N–H and O–H groups in total. The molecule has 0 aromatic carbocycles. The first-order valence-electron chi connectivity index (χ1n) is 8.65. The van der Waals surface area contributed by atoms with Crippen molar-refractivity contribution in [1.29, 1.82) is 0 Å². The smallest absolute Gasteiger partial charge is 0.289 e. The first-order valence-corrected chi connectivity index (χ1v) is 10.0. The fourth-order valence-electron chi connectivity index (χ4n) is 3.09. The third-order valence-corrected chi connectivity index (χ3v) is 4.95. The second kappa shape index (κ2) is 8.44. The third kappa shape index (κ3) is 4.49. The molecule has 26 heavy (non-hydrogen) atoms. The van der Waals surface area contributed by atoms with E-state index >= 15 is 0 Å². The van der Waals surface area contributed by atoms with E-state index in [9.17, 15) is 9.59 Å². The monoisotopic (exact) mass is 377 g/mol. The number of aryl methyl sites for hydroxylation is 1. The van der Waals surface area contributed by atoms with E-state index in [0.717, 1.165) is 24.4 Å². The SMILES string of the molecule is CSCc1ccc(C(=O)N2CCC[C@@H](CNC(=O)c3cc(C)on3)C2)o1. The summed E-state index contributed by atoms with van der Waals surface area (Å²) in [6, 6.07) is 5.20. The molecule has 3 heterocycles. The molecule has 2 aromatic rings. The quantitative estimate of drug-likeness (QED) is 0.833. The lowest BCUT2D eigenvalue weighted by atomic mass is 9.97. The number of thioether (sulfide) groups is 1. The van der Waals surface area contributed by atoms with Crippen LogP contribution in [-0.2, 0) is 5.75 Å². The molecule has 2 amide bonds. The van der Waals surface area contributed by atoms with Gasteiger partial charge < -0.3 is 19.2 Å². The Hall–Kier alpha value is -2.22. The topological polar surface area (TPSA) is 88.6 Å². The maximum atomic E-state index is 12.6. The maximum absolute atomic E-state index is 12.6. The second-order valence-corrected chi connectivity index (χ2v) is 7.36. The minimum atomic E-state index is -0.252. The summed E-state index contributed by atoms with van der Waals surface area (Å²) in [6.45, 7) is 3.57. The van der Waals surface area contributed by atoms with Crippen LogP contribution in [0.25, 0.3) is 0 Å². The molecule has 8 heteroatoms. The van der Waals surface area contributed by atoms with Gasteiger partial charge in [-0.2, -0.15) is 11.8 Å². The Labute approximate surface area is 156 Å². The molecule has 0 radical (unpaired) electrons. The van der Waals surface area contributed by atoms with Gasteiger partial charge in [0.15, 0.2) is 11.5 Å². The molecule has 140 valence electrons. The Morgan fingerprint density at radius 1 is 1.42 bits per heavy atom. The summed E-state index contributed by atoms with van der Waals surface area (Å²) in [5, 5.41) is 6.59. The van der Waals surface area contributed by atoms with Crippen molar-refractivity contribution in [3.05, 3.63) is 41.2 Å². The van der Waals surface area contributed by atoms with E-state index < -0.39 is 0 Å². The van der Waals surface area contributed by atoms with Gasteiger partial charge in [0.25, 0.3) is 11.8 Å². The van der Waals surface area contributed by atoms with Crippen LogP contribution in [0.3, 0.4) is 0 Å². The Morgan fingerprint density at radius 2 is 2.27 bits per heavy atom. The second-order valence-electron chi connectivity index (χ2n) is 6.49. The van der Waals surface area contributed by atoms with E-state index in [4.69, 9.17) is 8.94 Å². The average Bonchev–Trinajstić information content (AvgIpc) is 3.29. The van der Waals surface area contributed by atoms with Gasteiger partial charge in [0, 0.05) is 25.7 Å². The van der Waals surface area contributed by atoms with Crippen molar-refractivity contribution in [2.45, 2.75) is 25.5 Å². The largest absolute Gasteiger partial charge is 0.455 e. The van der Waals surface area contributed by atoms with E-state index in [1.807, 2.05) is 17.2 Å². The van der Waals surface area contributed by atoms with Gasteiger partial charge in [0.1, 0.15) is 11.5 Å². The summed E-state index contributed by atoms with van der Waals surface area (Å²) >= 11 is 1.65. The van der Waals surface area contributed by atoms with Crippen molar-refractivity contribution in [1.82, 2.24) is 15.4 Å². The summed E-state index contributed by atoms with van der Waals surface area (Å²) in [6.07, 6.45) is 3.87. The first-order chi connectivity index (χ1) is 12.6. The zero-order chi connectivity index (χ0) is 18.5. The maximum Gasteiger partial charge on any atom is 0.289 e. The van der Waals surface area contributed by atoms with Crippen LogP contribution >= 0.6 is 11.8 Å². The molecule has 1 saturated heterocycles. The van der Waals surface area contributed by atoms with Crippen LogP contribution in [0.4, 0.5) is 0 Å². The van der Waals surface area contributed by atoms with Crippen molar-refractivity contribution in [2.75, 3.05) is 25.9 Å². The molecule has 0 bridgehead atoms. The van der Waals surface area contributed by atoms with Crippen LogP contribution in [0, 0.1) is 12.8 Å². The summed E-state index contributed by atoms with van der Waals surface area (Å²) in [5.74, 6) is 2.43. The van der Waals surface area contributed by atoms with Crippen LogP contribution < -0.4 is 5.32 Å². The van der Waals surface area contributed by atoms with Gasteiger partial charge in [-0.25, -0.2) is 0 Å². The number of nitrogens with one attached hydrogen (secondary N) is 1. The Kier molecular flexibility index (Phi) is 6.03. The number of hydrogen-bond acceptors (Lipinski definition) is 6. The molecule has 7 nitrogen and oxygen atoms in total. The van der Waals surface area contributed by atoms with Gasteiger partial charge in [-0.1, -0.05) is 5.16 Å². The number of hydrogen-bond donors (Lipinski definition) is 1. The predicted octanol–water partition coefficient (Wildman–Crippen LogP) is 2.72. The molecule has 1 aliphatic heterocycles. The van der Waals surface area contributed by atoms with Crippen molar-refractivity contribution >= 4 is 23.6 Å². The number of likely N-dealkylation sites (tertiary alicyclic amines) is 1. The summed E-state index contributed by atoms with van der Waals surface area (Å²) in [5.41, 5.74) is 0.281. The number of nitrogens with zero attached hydrogens (tertiary/aromatic N) is 2. The average molecular weight is 377 g/mol. The van der Waals surface area contributed by atoms with Gasteiger partial charge in [-0.3, -0.25) is 9.59 Å². The molecular weight excluding hydrogens is 354 g/mol. The van der Waals surface area contributed by atoms with E-state index in [1.165, 1.54) is 0 Å². The Morgan fingerprint density at radius 3 is 3.00 bits per heavy atom. The van der Waals surface area contributed by atoms with Gasteiger partial charge in [-0.15, -0.1) is 0 Å². The van der Waals surface area contributed by atoms with Crippen molar-refractivity contribution in [3.8, 4) is 0 Å². The molecule has 0 spiro atoms. The van der Waals surface area contributed by atoms with Gasteiger partial charge in [0.2, 0.25) is 0 Å². The highest BCUT2D eigenvalue weighted by atomic mass is 32.2. The number of amides is 2. The lowest BCUT2D eigenvalue weighted by Crippen LogP contribution is -2.43. The van der Waals surface area contributed by atoms with E-state index in [-0.39, 0.29) is 23.4 Å². The number of carbonyl (C=O) groups is 2. The molecule has 1 aliphatic rings. The van der Waals surface area contributed by atoms with Gasteiger partial charge in [0.05, 0.1) is 5.75 Å². The van der Waals surface area contributed by atoms with Gasteiger partial charge in [-0.05, 0) is 44.1 Å². The number of carbonyl (C=O) groups excluding carboxylic acids is 2. The predicted molar refractivity (Wildman–Crippen MR) is 98.1 cm³/mol. The molecule has 1 atom stereocenters. The zero-order valence-electron chi connectivity index (χ0n) is 15.0. The van der Waals surface area contributed by atoms with Crippen molar-refractivity contribution < 1.29 is 18.5 Å². The highest BCUT2D eigenvalue weighted by Crippen LogP contribution is 2.20. The van der Waals surface area contributed by atoms with Crippen LogP contribution in [-0.4, -0.2) is 47.8 Å². The van der Waals surface area contributed by atoms with Gasteiger partial charge >= 0.3 is 0 Å². The Balaban J connectivity index is 1.53. The number of aromatic nitrogens is 1. The zero-order valence-corrected chi connectivity index (χ0v) is 15.8. The van der Waals surface area contributed by atoms with E-state index in [1.54, 1.807) is 30.8 Å². The molecule has 0 saturated carbocycles. The molecule has 3 rings (SSSR count).